The zero-order valence-corrected chi connectivity index (χ0v) is 11.0. The van der Waals surface area contributed by atoms with Crippen molar-refractivity contribution in [3.8, 4) is 0 Å². The molecular weight excluding hydrogens is 190 g/mol. The molecule has 3 nitrogen and oxygen atoms in total. The van der Waals surface area contributed by atoms with Crippen LogP contribution >= 0.6 is 0 Å². The Kier molecular flexibility index (Phi) is 4.35. The molecule has 0 aliphatic carbocycles. The van der Waals surface area contributed by atoms with Crippen LogP contribution in [0.1, 0.15) is 48.5 Å². The summed E-state index contributed by atoms with van der Waals surface area (Å²) in [5, 5.41) is 0. The molecule has 0 radical (unpaired) electrons. The molecule has 3 heteroatoms. The summed E-state index contributed by atoms with van der Waals surface area (Å²) in [6.07, 6.45) is 0. The molecule has 0 amide bonds. The van der Waals surface area contributed by atoms with Crippen molar-refractivity contribution < 1.29 is 9.53 Å². The molecule has 0 heterocycles. The summed E-state index contributed by atoms with van der Waals surface area (Å²) in [5.41, 5.74) is 4.92. The lowest BCUT2D eigenvalue weighted by molar-refractivity contribution is -0.167. The van der Waals surface area contributed by atoms with Gasteiger partial charge in [0.2, 0.25) is 0 Å². The number of esters is 1. The first kappa shape index (κ1) is 14.4. The number of carbonyl (C=O) groups is 1. The Hall–Kier alpha value is -0.570. The number of ether oxygens (including phenoxy) is 1. The summed E-state index contributed by atoms with van der Waals surface area (Å²) in [5.74, 6) is 0.0312. The summed E-state index contributed by atoms with van der Waals surface area (Å²) < 4.78 is 5.35. The molecule has 0 fully saturated rings. The molecule has 0 aromatic rings. The van der Waals surface area contributed by atoms with E-state index in [4.69, 9.17) is 10.5 Å². The highest BCUT2D eigenvalue weighted by Crippen LogP contribution is 2.28. The van der Waals surface area contributed by atoms with Crippen molar-refractivity contribution in [2.24, 2.45) is 17.1 Å². The fourth-order valence-corrected chi connectivity index (χ4v) is 1.38. The maximum absolute atomic E-state index is 11.9. The maximum Gasteiger partial charge on any atom is 0.313 e. The molecular formula is C12H25NO2. The molecule has 0 aliphatic heterocycles. The fraction of sp³-hybridized carbons (Fsp3) is 0.917. The van der Waals surface area contributed by atoms with Crippen LogP contribution in [0.5, 0.6) is 0 Å². The van der Waals surface area contributed by atoms with Crippen LogP contribution in [-0.4, -0.2) is 17.6 Å². The molecule has 15 heavy (non-hydrogen) atoms. The van der Waals surface area contributed by atoms with E-state index in [2.05, 4.69) is 0 Å². The molecule has 0 spiro atoms. The van der Waals surface area contributed by atoms with Gasteiger partial charge >= 0.3 is 5.97 Å². The lowest BCUT2D eigenvalue weighted by Gasteiger charge is -2.34. The van der Waals surface area contributed by atoms with Gasteiger partial charge in [0.1, 0.15) is 5.60 Å². The molecule has 0 saturated carbocycles. The van der Waals surface area contributed by atoms with Crippen LogP contribution in [0.3, 0.4) is 0 Å². The Morgan fingerprint density at radius 3 is 1.80 bits per heavy atom. The number of carbonyl (C=O) groups excluding carboxylic acids is 1. The standard InChI is InChI=1S/C12H25NO2/c1-8(2)9(13)12(6,7)10(14)15-11(3,4)5/h8-9H,13H2,1-7H3. The Morgan fingerprint density at radius 2 is 1.53 bits per heavy atom. The van der Waals surface area contributed by atoms with E-state index in [9.17, 15) is 4.79 Å². The minimum Gasteiger partial charge on any atom is -0.460 e. The van der Waals surface area contributed by atoms with Crippen LogP contribution < -0.4 is 5.73 Å². The quantitative estimate of drug-likeness (QED) is 0.735. The topological polar surface area (TPSA) is 52.3 Å². The smallest absolute Gasteiger partial charge is 0.313 e. The van der Waals surface area contributed by atoms with E-state index in [0.29, 0.717) is 0 Å². The van der Waals surface area contributed by atoms with Gasteiger partial charge in [0.15, 0.2) is 0 Å². The molecule has 90 valence electrons. The summed E-state index contributed by atoms with van der Waals surface area (Å²) in [6.45, 7) is 13.3. The van der Waals surface area contributed by atoms with Crippen LogP contribution in [0.25, 0.3) is 0 Å². The molecule has 0 aliphatic rings. The van der Waals surface area contributed by atoms with Crippen LogP contribution in [0.4, 0.5) is 0 Å². The first-order valence-corrected chi connectivity index (χ1v) is 5.47. The van der Waals surface area contributed by atoms with Gasteiger partial charge in [0.05, 0.1) is 5.41 Å². The van der Waals surface area contributed by atoms with E-state index in [0.717, 1.165) is 0 Å². The predicted molar refractivity (Wildman–Crippen MR) is 62.4 cm³/mol. The lowest BCUT2D eigenvalue weighted by Crippen LogP contribution is -2.48. The molecule has 2 N–H and O–H groups in total. The van der Waals surface area contributed by atoms with Crippen molar-refractivity contribution in [1.29, 1.82) is 0 Å². The van der Waals surface area contributed by atoms with Crippen LogP contribution in [0, 0.1) is 11.3 Å². The number of rotatable bonds is 3. The Balaban J connectivity index is 4.66. The highest BCUT2D eigenvalue weighted by Gasteiger charge is 2.39. The Labute approximate surface area is 93.4 Å². The van der Waals surface area contributed by atoms with Gasteiger partial charge in [0.25, 0.3) is 0 Å². The largest absolute Gasteiger partial charge is 0.460 e. The normalized spacial score (nSPS) is 15.3. The Morgan fingerprint density at radius 1 is 1.13 bits per heavy atom. The van der Waals surface area contributed by atoms with Gasteiger partial charge in [-0.1, -0.05) is 13.8 Å². The van der Waals surface area contributed by atoms with Crippen LogP contribution in [0.15, 0.2) is 0 Å². The maximum atomic E-state index is 11.9. The van der Waals surface area contributed by atoms with E-state index in [-0.39, 0.29) is 17.9 Å². The number of nitrogens with two attached hydrogens (primary N) is 1. The van der Waals surface area contributed by atoms with Crippen molar-refractivity contribution in [1.82, 2.24) is 0 Å². The minimum absolute atomic E-state index is 0.188. The van der Waals surface area contributed by atoms with Gasteiger partial charge < -0.3 is 10.5 Å². The van der Waals surface area contributed by atoms with Crippen molar-refractivity contribution >= 4 is 5.97 Å². The van der Waals surface area contributed by atoms with E-state index >= 15 is 0 Å². The molecule has 1 unspecified atom stereocenters. The molecule has 0 rings (SSSR count). The average Bonchev–Trinajstić information content (AvgIpc) is 1.99. The second-order valence-electron chi connectivity index (χ2n) is 5.99. The highest BCUT2D eigenvalue weighted by molar-refractivity contribution is 5.77. The van der Waals surface area contributed by atoms with Gasteiger partial charge in [0, 0.05) is 6.04 Å². The van der Waals surface area contributed by atoms with E-state index < -0.39 is 11.0 Å². The van der Waals surface area contributed by atoms with Crippen LogP contribution in [-0.2, 0) is 9.53 Å². The van der Waals surface area contributed by atoms with Gasteiger partial charge in [-0.15, -0.1) is 0 Å². The van der Waals surface area contributed by atoms with Gasteiger partial charge in [-0.25, -0.2) is 0 Å². The lowest BCUT2D eigenvalue weighted by atomic mass is 9.79. The molecule has 0 aromatic heterocycles. The molecule has 0 saturated heterocycles. The molecule has 0 bridgehead atoms. The number of hydrogen-bond acceptors (Lipinski definition) is 3. The van der Waals surface area contributed by atoms with E-state index in [1.165, 1.54) is 0 Å². The first-order chi connectivity index (χ1) is 6.48. The van der Waals surface area contributed by atoms with Crippen molar-refractivity contribution in [3.63, 3.8) is 0 Å². The summed E-state index contributed by atoms with van der Waals surface area (Å²) in [7, 11) is 0. The zero-order chi connectivity index (χ0) is 12.4. The van der Waals surface area contributed by atoms with Gasteiger partial charge in [-0.05, 0) is 40.5 Å². The van der Waals surface area contributed by atoms with Crippen LogP contribution in [0.2, 0.25) is 0 Å². The number of hydrogen-bond donors (Lipinski definition) is 1. The predicted octanol–water partition coefficient (Wildman–Crippen LogP) is 2.34. The summed E-state index contributed by atoms with van der Waals surface area (Å²) in [4.78, 5) is 11.9. The van der Waals surface area contributed by atoms with Gasteiger partial charge in [-0.2, -0.15) is 0 Å². The highest BCUT2D eigenvalue weighted by atomic mass is 16.6. The molecule has 1 atom stereocenters. The Bertz CT molecular complexity index is 226. The zero-order valence-electron chi connectivity index (χ0n) is 11.0. The van der Waals surface area contributed by atoms with Crippen molar-refractivity contribution in [2.75, 3.05) is 0 Å². The van der Waals surface area contributed by atoms with Crippen molar-refractivity contribution in [3.05, 3.63) is 0 Å². The van der Waals surface area contributed by atoms with Gasteiger partial charge in [-0.3, -0.25) is 4.79 Å². The third kappa shape index (κ3) is 4.20. The fourth-order valence-electron chi connectivity index (χ4n) is 1.38. The molecule has 0 aromatic carbocycles. The third-order valence-corrected chi connectivity index (χ3v) is 2.48. The summed E-state index contributed by atoms with van der Waals surface area (Å²) >= 11 is 0. The first-order valence-electron chi connectivity index (χ1n) is 5.47. The second-order valence-corrected chi connectivity index (χ2v) is 5.99. The second kappa shape index (κ2) is 4.52. The third-order valence-electron chi connectivity index (χ3n) is 2.48. The van der Waals surface area contributed by atoms with E-state index in [1.807, 2.05) is 48.5 Å². The SMILES string of the molecule is CC(C)C(N)C(C)(C)C(=O)OC(C)(C)C. The monoisotopic (exact) mass is 215 g/mol. The van der Waals surface area contributed by atoms with Crippen molar-refractivity contribution in [2.45, 2.75) is 60.1 Å². The summed E-state index contributed by atoms with van der Waals surface area (Å²) in [6, 6.07) is -0.188. The minimum atomic E-state index is -0.637. The average molecular weight is 215 g/mol. The van der Waals surface area contributed by atoms with E-state index in [1.54, 1.807) is 0 Å².